The standard InChI is InChI=1S/C17H24N6O2/c1-17(2,3)15-20-13(25-21-15)5-6-14(24)22-9-11-23(12-10-22)16-18-7-4-8-19-16/h4,7-8H,5-6,9-12H2,1-3H3. The van der Waals surface area contributed by atoms with Crippen molar-refractivity contribution in [1.29, 1.82) is 0 Å². The average Bonchev–Trinajstić information content (AvgIpc) is 3.10. The zero-order valence-corrected chi connectivity index (χ0v) is 15.0. The first kappa shape index (κ1) is 17.3. The van der Waals surface area contributed by atoms with E-state index in [-0.39, 0.29) is 11.3 Å². The molecule has 8 heteroatoms. The Morgan fingerprint density at radius 3 is 2.44 bits per heavy atom. The van der Waals surface area contributed by atoms with Gasteiger partial charge in [0.15, 0.2) is 5.82 Å². The van der Waals surface area contributed by atoms with Crippen molar-refractivity contribution in [2.24, 2.45) is 0 Å². The fourth-order valence-electron chi connectivity index (χ4n) is 2.64. The van der Waals surface area contributed by atoms with Crippen LogP contribution in [-0.4, -0.2) is 57.1 Å². The van der Waals surface area contributed by atoms with E-state index in [1.807, 2.05) is 25.7 Å². The quantitative estimate of drug-likeness (QED) is 0.829. The van der Waals surface area contributed by atoms with Gasteiger partial charge in [-0.1, -0.05) is 25.9 Å². The molecule has 0 N–H and O–H groups in total. The fraction of sp³-hybridized carbons (Fsp3) is 0.588. The Balaban J connectivity index is 1.47. The van der Waals surface area contributed by atoms with E-state index in [2.05, 4.69) is 25.0 Å². The van der Waals surface area contributed by atoms with Gasteiger partial charge >= 0.3 is 0 Å². The van der Waals surface area contributed by atoms with Gasteiger partial charge in [0.25, 0.3) is 0 Å². The van der Waals surface area contributed by atoms with Crippen molar-refractivity contribution < 1.29 is 9.32 Å². The first-order chi connectivity index (χ1) is 11.9. The Morgan fingerprint density at radius 2 is 1.84 bits per heavy atom. The highest BCUT2D eigenvalue weighted by Gasteiger charge is 2.24. The summed E-state index contributed by atoms with van der Waals surface area (Å²) in [5.74, 6) is 2.03. The van der Waals surface area contributed by atoms with Gasteiger partial charge < -0.3 is 14.3 Å². The molecule has 2 aromatic heterocycles. The van der Waals surface area contributed by atoms with Crippen molar-refractivity contribution in [3.8, 4) is 0 Å². The molecule has 0 atom stereocenters. The van der Waals surface area contributed by atoms with Gasteiger partial charge in [0, 0.05) is 56.8 Å². The van der Waals surface area contributed by atoms with E-state index in [4.69, 9.17) is 4.52 Å². The minimum absolute atomic E-state index is 0.115. The van der Waals surface area contributed by atoms with E-state index < -0.39 is 0 Å². The molecule has 3 rings (SSSR count). The Morgan fingerprint density at radius 1 is 1.16 bits per heavy atom. The van der Waals surface area contributed by atoms with Crippen molar-refractivity contribution in [3.05, 3.63) is 30.2 Å². The number of anilines is 1. The molecule has 0 bridgehead atoms. The van der Waals surface area contributed by atoms with Crippen molar-refractivity contribution in [2.45, 2.75) is 39.0 Å². The molecule has 1 amide bonds. The number of carbonyl (C=O) groups excluding carboxylic acids is 1. The molecule has 25 heavy (non-hydrogen) atoms. The molecule has 1 saturated heterocycles. The van der Waals surface area contributed by atoms with E-state index >= 15 is 0 Å². The van der Waals surface area contributed by atoms with Crippen LogP contribution in [0.15, 0.2) is 23.0 Å². The summed E-state index contributed by atoms with van der Waals surface area (Å²) < 4.78 is 5.25. The number of aromatic nitrogens is 4. The lowest BCUT2D eigenvalue weighted by molar-refractivity contribution is -0.131. The number of nitrogens with zero attached hydrogens (tertiary/aromatic N) is 6. The number of piperazine rings is 1. The molecule has 1 fully saturated rings. The molecule has 1 aliphatic rings. The lowest BCUT2D eigenvalue weighted by Gasteiger charge is -2.34. The summed E-state index contributed by atoms with van der Waals surface area (Å²) >= 11 is 0. The van der Waals surface area contributed by atoms with Crippen LogP contribution in [0.25, 0.3) is 0 Å². The minimum Gasteiger partial charge on any atom is -0.339 e. The predicted molar refractivity (Wildman–Crippen MR) is 92.1 cm³/mol. The molecular weight excluding hydrogens is 320 g/mol. The van der Waals surface area contributed by atoms with Crippen LogP contribution in [0.2, 0.25) is 0 Å². The monoisotopic (exact) mass is 344 g/mol. The van der Waals surface area contributed by atoms with Gasteiger partial charge in [-0.2, -0.15) is 4.98 Å². The van der Waals surface area contributed by atoms with Gasteiger partial charge in [-0.25, -0.2) is 9.97 Å². The highest BCUT2D eigenvalue weighted by Crippen LogP contribution is 2.19. The normalized spacial score (nSPS) is 15.5. The second-order valence-corrected chi connectivity index (χ2v) is 7.18. The zero-order chi connectivity index (χ0) is 17.9. The Hall–Kier alpha value is -2.51. The highest BCUT2D eigenvalue weighted by atomic mass is 16.5. The van der Waals surface area contributed by atoms with Crippen molar-refractivity contribution in [2.75, 3.05) is 31.1 Å². The van der Waals surface area contributed by atoms with E-state index in [0.717, 1.165) is 19.0 Å². The van der Waals surface area contributed by atoms with Crippen molar-refractivity contribution in [1.82, 2.24) is 25.0 Å². The van der Waals surface area contributed by atoms with Crippen LogP contribution in [0.1, 0.15) is 38.9 Å². The summed E-state index contributed by atoms with van der Waals surface area (Å²) in [7, 11) is 0. The zero-order valence-electron chi connectivity index (χ0n) is 15.0. The SMILES string of the molecule is CC(C)(C)c1noc(CCC(=O)N2CCN(c3ncccn3)CC2)n1. The van der Waals surface area contributed by atoms with Crippen LogP contribution in [0.5, 0.6) is 0 Å². The van der Waals surface area contributed by atoms with E-state index in [0.29, 0.717) is 37.6 Å². The second kappa shape index (κ2) is 7.16. The molecule has 0 spiro atoms. The molecule has 0 unspecified atom stereocenters. The summed E-state index contributed by atoms with van der Waals surface area (Å²) in [4.78, 5) is 29.3. The number of rotatable bonds is 4. The molecule has 2 aromatic rings. The molecule has 0 aliphatic carbocycles. The van der Waals surface area contributed by atoms with Crippen molar-refractivity contribution >= 4 is 11.9 Å². The first-order valence-corrected chi connectivity index (χ1v) is 8.56. The van der Waals surface area contributed by atoms with Gasteiger partial charge in [0.2, 0.25) is 17.7 Å². The van der Waals surface area contributed by atoms with Crippen LogP contribution < -0.4 is 4.90 Å². The maximum atomic E-state index is 12.4. The Bertz CT molecular complexity index is 701. The lowest BCUT2D eigenvalue weighted by Crippen LogP contribution is -2.49. The van der Waals surface area contributed by atoms with E-state index in [1.54, 1.807) is 18.5 Å². The van der Waals surface area contributed by atoms with Gasteiger partial charge in [0.05, 0.1) is 0 Å². The smallest absolute Gasteiger partial charge is 0.227 e. The number of hydrogen-bond donors (Lipinski definition) is 0. The van der Waals surface area contributed by atoms with Gasteiger partial charge in [-0.3, -0.25) is 4.79 Å². The van der Waals surface area contributed by atoms with Gasteiger partial charge in [-0.15, -0.1) is 0 Å². The number of hydrogen-bond acceptors (Lipinski definition) is 7. The fourth-order valence-corrected chi connectivity index (χ4v) is 2.64. The third-order valence-electron chi connectivity index (χ3n) is 4.16. The van der Waals surface area contributed by atoms with Crippen LogP contribution in [0.3, 0.4) is 0 Å². The van der Waals surface area contributed by atoms with Gasteiger partial charge in [0.1, 0.15) is 0 Å². The second-order valence-electron chi connectivity index (χ2n) is 7.18. The summed E-state index contributed by atoms with van der Waals surface area (Å²) in [5.41, 5.74) is -0.151. The topological polar surface area (TPSA) is 88.3 Å². The number of amides is 1. The molecule has 0 radical (unpaired) electrons. The Kier molecular flexibility index (Phi) is 4.96. The molecule has 3 heterocycles. The number of aryl methyl sites for hydroxylation is 1. The van der Waals surface area contributed by atoms with Gasteiger partial charge in [-0.05, 0) is 6.07 Å². The van der Waals surface area contributed by atoms with Crippen LogP contribution in [0.4, 0.5) is 5.95 Å². The van der Waals surface area contributed by atoms with E-state index in [1.165, 1.54) is 0 Å². The third kappa shape index (κ3) is 4.32. The summed E-state index contributed by atoms with van der Waals surface area (Å²) in [6, 6.07) is 1.80. The largest absolute Gasteiger partial charge is 0.339 e. The molecule has 0 saturated carbocycles. The minimum atomic E-state index is -0.151. The lowest BCUT2D eigenvalue weighted by atomic mass is 9.96. The van der Waals surface area contributed by atoms with Crippen LogP contribution >= 0.6 is 0 Å². The average molecular weight is 344 g/mol. The molecular formula is C17H24N6O2. The Labute approximate surface area is 147 Å². The molecule has 0 aromatic carbocycles. The first-order valence-electron chi connectivity index (χ1n) is 8.56. The highest BCUT2D eigenvalue weighted by molar-refractivity contribution is 5.76. The van der Waals surface area contributed by atoms with Crippen LogP contribution in [-0.2, 0) is 16.6 Å². The molecule has 8 nitrogen and oxygen atoms in total. The summed E-state index contributed by atoms with van der Waals surface area (Å²) in [6.45, 7) is 8.92. The maximum absolute atomic E-state index is 12.4. The summed E-state index contributed by atoms with van der Waals surface area (Å²) in [5, 5.41) is 3.99. The third-order valence-corrected chi connectivity index (χ3v) is 4.16. The molecule has 1 aliphatic heterocycles. The number of carbonyl (C=O) groups is 1. The summed E-state index contributed by atoms with van der Waals surface area (Å²) in [6.07, 6.45) is 4.32. The maximum Gasteiger partial charge on any atom is 0.227 e. The van der Waals surface area contributed by atoms with Crippen molar-refractivity contribution in [3.63, 3.8) is 0 Å². The molecule has 134 valence electrons. The predicted octanol–water partition coefficient (Wildman–Crippen LogP) is 1.44. The van der Waals surface area contributed by atoms with Crippen LogP contribution in [0, 0.1) is 0 Å². The van der Waals surface area contributed by atoms with E-state index in [9.17, 15) is 4.79 Å².